The standard InChI is InChI=1S/C19H28N2O4/c1-24-16-7-8-17(25-2)19-14(16)11-21(12-15(19)22)10-9-18(23)20-13-5-3-4-6-13/h7-8,13,15,22H,3-6,9-12H2,1-2H3,(H,20,23)/t15-/m0/s1. The first-order valence-electron chi connectivity index (χ1n) is 9.06. The van der Waals surface area contributed by atoms with Crippen LogP contribution < -0.4 is 14.8 Å². The predicted octanol–water partition coefficient (Wildman–Crippen LogP) is 2.00. The highest BCUT2D eigenvalue weighted by Gasteiger charge is 2.29. The molecule has 2 N–H and O–H groups in total. The lowest BCUT2D eigenvalue weighted by Gasteiger charge is -2.33. The molecule has 6 nitrogen and oxygen atoms in total. The lowest BCUT2D eigenvalue weighted by Crippen LogP contribution is -2.38. The molecule has 1 aromatic carbocycles. The number of β-amino-alcohol motifs (C(OH)–C–C–N with tert-alkyl or cyclic N) is 1. The maximum absolute atomic E-state index is 12.1. The minimum atomic E-state index is -0.647. The molecule has 0 unspecified atom stereocenters. The van der Waals surface area contributed by atoms with Crippen molar-refractivity contribution < 1.29 is 19.4 Å². The second-order valence-electron chi connectivity index (χ2n) is 6.91. The van der Waals surface area contributed by atoms with Crippen molar-refractivity contribution in [2.45, 2.75) is 50.8 Å². The van der Waals surface area contributed by atoms with Gasteiger partial charge in [0.25, 0.3) is 0 Å². The van der Waals surface area contributed by atoms with Crippen LogP contribution >= 0.6 is 0 Å². The zero-order valence-corrected chi connectivity index (χ0v) is 15.1. The molecule has 1 aromatic rings. The normalized spacial score (nSPS) is 21.0. The number of benzene rings is 1. The van der Waals surface area contributed by atoms with Gasteiger partial charge in [-0.2, -0.15) is 0 Å². The van der Waals surface area contributed by atoms with E-state index in [2.05, 4.69) is 10.2 Å². The number of nitrogens with one attached hydrogen (secondary N) is 1. The summed E-state index contributed by atoms with van der Waals surface area (Å²) in [7, 11) is 3.23. The van der Waals surface area contributed by atoms with E-state index in [9.17, 15) is 9.90 Å². The number of carbonyl (C=O) groups is 1. The number of aliphatic hydroxyl groups is 1. The lowest BCUT2D eigenvalue weighted by atomic mass is 9.95. The van der Waals surface area contributed by atoms with Crippen molar-refractivity contribution in [3.8, 4) is 11.5 Å². The summed E-state index contributed by atoms with van der Waals surface area (Å²) in [6, 6.07) is 4.04. The van der Waals surface area contributed by atoms with E-state index in [0.717, 1.165) is 29.7 Å². The second kappa shape index (κ2) is 8.06. The molecule has 0 saturated heterocycles. The number of amides is 1. The van der Waals surface area contributed by atoms with Crippen LogP contribution in [0.4, 0.5) is 0 Å². The highest BCUT2D eigenvalue weighted by Crippen LogP contribution is 2.39. The van der Waals surface area contributed by atoms with Crippen LogP contribution in [0.25, 0.3) is 0 Å². The Kier molecular flexibility index (Phi) is 5.81. The van der Waals surface area contributed by atoms with Crippen LogP contribution in [0, 0.1) is 0 Å². The molecule has 25 heavy (non-hydrogen) atoms. The first-order chi connectivity index (χ1) is 12.1. The van der Waals surface area contributed by atoms with Crippen LogP contribution in [0.15, 0.2) is 12.1 Å². The van der Waals surface area contributed by atoms with E-state index in [1.165, 1.54) is 12.8 Å². The molecular weight excluding hydrogens is 320 g/mol. The number of aliphatic hydroxyl groups excluding tert-OH is 1. The van der Waals surface area contributed by atoms with Crippen LogP contribution in [0.2, 0.25) is 0 Å². The van der Waals surface area contributed by atoms with Gasteiger partial charge in [-0.3, -0.25) is 9.69 Å². The van der Waals surface area contributed by atoms with Crippen LogP contribution in [0.3, 0.4) is 0 Å². The van der Waals surface area contributed by atoms with Gasteiger partial charge in [0.2, 0.25) is 5.91 Å². The Morgan fingerprint density at radius 1 is 1.24 bits per heavy atom. The van der Waals surface area contributed by atoms with Crippen molar-refractivity contribution in [3.63, 3.8) is 0 Å². The Morgan fingerprint density at radius 2 is 1.92 bits per heavy atom. The number of nitrogens with zero attached hydrogens (tertiary/aromatic N) is 1. The van der Waals surface area contributed by atoms with E-state index in [4.69, 9.17) is 9.47 Å². The molecule has 1 aliphatic carbocycles. The Bertz CT molecular complexity index is 614. The minimum Gasteiger partial charge on any atom is -0.496 e. The zero-order chi connectivity index (χ0) is 17.8. The van der Waals surface area contributed by atoms with Crippen LogP contribution in [-0.4, -0.2) is 49.3 Å². The molecule has 1 atom stereocenters. The van der Waals surface area contributed by atoms with E-state index in [-0.39, 0.29) is 5.91 Å². The molecule has 0 bridgehead atoms. The van der Waals surface area contributed by atoms with Crippen molar-refractivity contribution in [1.29, 1.82) is 0 Å². The molecule has 1 fully saturated rings. The third-order valence-corrected chi connectivity index (χ3v) is 5.24. The summed E-state index contributed by atoms with van der Waals surface area (Å²) in [4.78, 5) is 14.2. The maximum atomic E-state index is 12.1. The van der Waals surface area contributed by atoms with E-state index in [1.54, 1.807) is 14.2 Å². The van der Waals surface area contributed by atoms with Crippen LogP contribution in [0.5, 0.6) is 11.5 Å². The summed E-state index contributed by atoms with van der Waals surface area (Å²) in [5.74, 6) is 1.53. The molecule has 138 valence electrons. The Morgan fingerprint density at radius 3 is 2.60 bits per heavy atom. The molecule has 3 rings (SSSR count). The number of hydrogen-bond donors (Lipinski definition) is 2. The first kappa shape index (κ1) is 18.0. The minimum absolute atomic E-state index is 0.102. The summed E-state index contributed by atoms with van der Waals surface area (Å²) in [6.07, 6.45) is 4.41. The molecular formula is C19H28N2O4. The van der Waals surface area contributed by atoms with Crippen LogP contribution in [0.1, 0.15) is 49.3 Å². The van der Waals surface area contributed by atoms with Gasteiger partial charge in [-0.25, -0.2) is 0 Å². The Hall–Kier alpha value is -1.79. The van der Waals surface area contributed by atoms with Gasteiger partial charge in [-0.15, -0.1) is 0 Å². The average Bonchev–Trinajstić information content (AvgIpc) is 3.12. The van der Waals surface area contributed by atoms with Crippen molar-refractivity contribution in [2.75, 3.05) is 27.3 Å². The quantitative estimate of drug-likeness (QED) is 0.823. The predicted molar refractivity (Wildman–Crippen MR) is 94.8 cm³/mol. The fraction of sp³-hybridized carbons (Fsp3) is 0.632. The van der Waals surface area contributed by atoms with E-state index in [1.807, 2.05) is 12.1 Å². The molecule has 0 radical (unpaired) electrons. The molecule has 0 spiro atoms. The average molecular weight is 348 g/mol. The topological polar surface area (TPSA) is 71.0 Å². The van der Waals surface area contributed by atoms with Gasteiger partial charge in [0.15, 0.2) is 0 Å². The maximum Gasteiger partial charge on any atom is 0.221 e. The number of methoxy groups -OCH3 is 2. The molecule has 6 heteroatoms. The SMILES string of the molecule is COc1ccc(OC)c2c1CN(CCC(=O)NC1CCCC1)C[C@@H]2O. The fourth-order valence-electron chi connectivity index (χ4n) is 3.94. The third-order valence-electron chi connectivity index (χ3n) is 5.24. The van der Waals surface area contributed by atoms with Crippen molar-refractivity contribution in [3.05, 3.63) is 23.3 Å². The van der Waals surface area contributed by atoms with Gasteiger partial charge in [0.05, 0.1) is 20.3 Å². The van der Waals surface area contributed by atoms with Gasteiger partial charge in [0, 0.05) is 43.2 Å². The second-order valence-corrected chi connectivity index (χ2v) is 6.91. The van der Waals surface area contributed by atoms with E-state index >= 15 is 0 Å². The summed E-state index contributed by atoms with van der Waals surface area (Å²) < 4.78 is 10.8. The summed E-state index contributed by atoms with van der Waals surface area (Å²) in [5, 5.41) is 13.7. The summed E-state index contributed by atoms with van der Waals surface area (Å²) in [5.41, 5.74) is 1.74. The van der Waals surface area contributed by atoms with E-state index in [0.29, 0.717) is 37.8 Å². The van der Waals surface area contributed by atoms with Gasteiger partial charge in [-0.1, -0.05) is 12.8 Å². The molecule has 1 heterocycles. The van der Waals surface area contributed by atoms with E-state index < -0.39 is 6.10 Å². The molecule has 0 aromatic heterocycles. The summed E-state index contributed by atoms with van der Waals surface area (Å²) >= 11 is 0. The van der Waals surface area contributed by atoms with Gasteiger partial charge < -0.3 is 19.9 Å². The van der Waals surface area contributed by atoms with Gasteiger partial charge >= 0.3 is 0 Å². The molecule has 1 amide bonds. The zero-order valence-electron chi connectivity index (χ0n) is 15.1. The van der Waals surface area contributed by atoms with Crippen molar-refractivity contribution in [2.24, 2.45) is 0 Å². The highest BCUT2D eigenvalue weighted by molar-refractivity contribution is 5.76. The number of ether oxygens (including phenoxy) is 2. The molecule has 2 aliphatic rings. The fourth-order valence-corrected chi connectivity index (χ4v) is 3.94. The largest absolute Gasteiger partial charge is 0.496 e. The van der Waals surface area contributed by atoms with Gasteiger partial charge in [-0.05, 0) is 25.0 Å². The molecule has 1 saturated carbocycles. The number of rotatable bonds is 6. The molecule has 1 aliphatic heterocycles. The van der Waals surface area contributed by atoms with Crippen molar-refractivity contribution in [1.82, 2.24) is 10.2 Å². The number of hydrogen-bond acceptors (Lipinski definition) is 5. The highest BCUT2D eigenvalue weighted by atomic mass is 16.5. The summed E-state index contributed by atoms with van der Waals surface area (Å²) in [6.45, 7) is 1.76. The van der Waals surface area contributed by atoms with Crippen LogP contribution in [-0.2, 0) is 11.3 Å². The first-order valence-corrected chi connectivity index (χ1v) is 9.06. The number of carbonyl (C=O) groups excluding carboxylic acids is 1. The Balaban J connectivity index is 1.63. The van der Waals surface area contributed by atoms with Gasteiger partial charge in [0.1, 0.15) is 11.5 Å². The van der Waals surface area contributed by atoms with Crippen molar-refractivity contribution >= 4 is 5.91 Å². The monoisotopic (exact) mass is 348 g/mol. The number of fused-ring (bicyclic) bond motifs is 1. The smallest absolute Gasteiger partial charge is 0.221 e. The Labute approximate surface area is 149 Å². The third kappa shape index (κ3) is 4.07. The lowest BCUT2D eigenvalue weighted by molar-refractivity contribution is -0.122.